The van der Waals surface area contributed by atoms with Crippen molar-refractivity contribution in [3.8, 4) is 0 Å². The largest absolute Gasteiger partial charge is 0.321 e. The van der Waals surface area contributed by atoms with Crippen LogP contribution in [0.1, 0.15) is 0 Å². The van der Waals surface area contributed by atoms with Crippen LogP contribution in [0.5, 0.6) is 0 Å². The molecule has 0 saturated carbocycles. The number of nitrogens with two attached hydrogens (primary N) is 1. The van der Waals surface area contributed by atoms with Gasteiger partial charge in [-0.05, 0) is 0 Å². The zero-order chi connectivity index (χ0) is 6.57. The Morgan fingerprint density at radius 3 is 2.25 bits per heavy atom. The predicted molar refractivity (Wildman–Crippen MR) is 29.2 cm³/mol. The minimum Gasteiger partial charge on any atom is -0.321 e. The van der Waals surface area contributed by atoms with Gasteiger partial charge in [-0.3, -0.25) is 0 Å². The first-order valence-corrected chi connectivity index (χ1v) is 3.35. The van der Waals surface area contributed by atoms with Crippen LogP contribution in [0, 0.1) is 0 Å². The van der Waals surface area contributed by atoms with E-state index in [1.807, 2.05) is 0 Å². The van der Waals surface area contributed by atoms with Crippen LogP contribution in [0.25, 0.3) is 0 Å². The molecular weight excluding hydrogens is 130 g/mol. The third kappa shape index (κ3) is 3.76. The van der Waals surface area contributed by atoms with Crippen molar-refractivity contribution < 1.29 is 13.2 Å². The summed E-state index contributed by atoms with van der Waals surface area (Å²) in [6.45, 7) is 0. The van der Waals surface area contributed by atoms with Gasteiger partial charge in [-0.25, -0.2) is 8.42 Å². The number of hydrogen-bond donors (Lipinski definition) is 2. The second-order valence-corrected chi connectivity index (χ2v) is 2.35. The molecule has 0 radical (unpaired) electrons. The predicted octanol–water partition coefficient (Wildman–Crippen LogP) is -1.88. The fourth-order valence-electron chi connectivity index (χ4n) is 0.215. The Morgan fingerprint density at radius 2 is 2.12 bits per heavy atom. The lowest BCUT2D eigenvalue weighted by atomic mass is 10.4. The average Bonchev–Trinajstić information content (AvgIpc) is 1.65. The van der Waals surface area contributed by atoms with Gasteiger partial charge in [-0.2, -0.15) is 0 Å². The van der Waals surface area contributed by atoms with E-state index >= 15 is 0 Å². The van der Waals surface area contributed by atoms with Crippen LogP contribution in [0.2, 0.25) is 0 Å². The standard InChI is InChI=1S/C3H7NO3S/c4-3(1-5)2-8(6)7/h1,3,8H,2,4H2/t3-/m1/s1. The minimum absolute atomic E-state index is 0.251. The molecule has 4 nitrogen and oxygen atoms in total. The van der Waals surface area contributed by atoms with Gasteiger partial charge in [-0.15, -0.1) is 0 Å². The lowest BCUT2D eigenvalue weighted by Gasteiger charge is -1.91. The fraction of sp³-hybridized carbons (Fsp3) is 0.667. The molecule has 2 N–H and O–H groups in total. The summed E-state index contributed by atoms with van der Waals surface area (Å²) < 4.78 is 19.5. The molecule has 0 aromatic heterocycles. The number of hydrogen-bond acceptors (Lipinski definition) is 4. The molecule has 0 aliphatic rings. The number of carbonyl (C=O) groups excluding carboxylic acids is 1. The molecule has 0 spiro atoms. The summed E-state index contributed by atoms with van der Waals surface area (Å²) in [6, 6.07) is -0.851. The highest BCUT2D eigenvalue weighted by Crippen LogP contribution is 1.70. The third-order valence-corrected chi connectivity index (χ3v) is 1.25. The number of aldehydes is 1. The molecular formula is C3H7NO3S. The van der Waals surface area contributed by atoms with Crippen molar-refractivity contribution in [2.45, 2.75) is 6.04 Å². The smallest absolute Gasteiger partial charge is 0.142 e. The van der Waals surface area contributed by atoms with Gasteiger partial charge in [-0.1, -0.05) is 0 Å². The third-order valence-electron chi connectivity index (χ3n) is 0.535. The van der Waals surface area contributed by atoms with E-state index in [0.717, 1.165) is 0 Å². The van der Waals surface area contributed by atoms with E-state index in [1.54, 1.807) is 0 Å². The van der Waals surface area contributed by atoms with E-state index in [1.165, 1.54) is 0 Å². The lowest BCUT2D eigenvalue weighted by Crippen LogP contribution is -2.26. The molecule has 0 heterocycles. The SMILES string of the molecule is N[C@H](C=O)C[SH](=O)=O. The maximum Gasteiger partial charge on any atom is 0.142 e. The van der Waals surface area contributed by atoms with Crippen LogP contribution in [0.4, 0.5) is 0 Å². The van der Waals surface area contributed by atoms with Gasteiger partial charge in [0.15, 0.2) is 0 Å². The van der Waals surface area contributed by atoms with Gasteiger partial charge < -0.3 is 10.5 Å². The molecule has 0 rings (SSSR count). The summed E-state index contributed by atoms with van der Waals surface area (Å²) in [4.78, 5) is 9.65. The van der Waals surface area contributed by atoms with Crippen LogP contribution in [-0.4, -0.2) is 26.5 Å². The highest BCUT2D eigenvalue weighted by atomic mass is 32.2. The van der Waals surface area contributed by atoms with Crippen molar-refractivity contribution in [3.63, 3.8) is 0 Å². The summed E-state index contributed by atoms with van der Waals surface area (Å²) in [5.41, 5.74) is 4.92. The second-order valence-electron chi connectivity index (χ2n) is 1.32. The van der Waals surface area contributed by atoms with Crippen molar-refractivity contribution in [1.82, 2.24) is 0 Å². The molecule has 0 aliphatic heterocycles. The molecule has 8 heavy (non-hydrogen) atoms. The monoisotopic (exact) mass is 137 g/mol. The highest BCUT2D eigenvalue weighted by molar-refractivity contribution is 7.72. The Hall–Kier alpha value is -0.420. The molecule has 0 unspecified atom stereocenters. The van der Waals surface area contributed by atoms with Gasteiger partial charge in [0, 0.05) is 0 Å². The van der Waals surface area contributed by atoms with E-state index in [4.69, 9.17) is 5.73 Å². The van der Waals surface area contributed by atoms with Gasteiger partial charge >= 0.3 is 0 Å². The van der Waals surface area contributed by atoms with Gasteiger partial charge in [0.05, 0.1) is 11.8 Å². The van der Waals surface area contributed by atoms with Crippen molar-refractivity contribution >= 4 is 17.0 Å². The second kappa shape index (κ2) is 3.57. The first-order valence-electron chi connectivity index (χ1n) is 1.99. The van der Waals surface area contributed by atoms with Crippen LogP contribution < -0.4 is 5.73 Å². The van der Waals surface area contributed by atoms with Crippen LogP contribution >= 0.6 is 0 Å². The summed E-state index contributed by atoms with van der Waals surface area (Å²) in [7, 11) is -2.50. The molecule has 0 saturated heterocycles. The van der Waals surface area contributed by atoms with Gasteiger partial charge in [0.2, 0.25) is 0 Å². The number of rotatable bonds is 3. The Bertz CT molecular complexity index is 133. The Morgan fingerprint density at radius 1 is 1.62 bits per heavy atom. The van der Waals surface area contributed by atoms with Crippen LogP contribution in [-0.2, 0) is 15.5 Å². The maximum atomic E-state index is 9.77. The molecule has 0 fully saturated rings. The molecule has 0 aromatic rings. The Balaban J connectivity index is 3.54. The lowest BCUT2D eigenvalue weighted by molar-refractivity contribution is -0.108. The summed E-state index contributed by atoms with van der Waals surface area (Å²) in [5, 5.41) is 0. The van der Waals surface area contributed by atoms with E-state index in [2.05, 4.69) is 0 Å². The first kappa shape index (κ1) is 7.58. The fourth-order valence-corrected chi connectivity index (χ4v) is 0.645. The normalized spacial score (nSPS) is 13.8. The molecule has 48 valence electrons. The molecule has 0 amide bonds. The van der Waals surface area contributed by atoms with E-state index in [-0.39, 0.29) is 5.75 Å². The first-order chi connectivity index (χ1) is 3.66. The summed E-state index contributed by atoms with van der Waals surface area (Å²) in [6.07, 6.45) is 0.408. The summed E-state index contributed by atoms with van der Waals surface area (Å²) in [5.74, 6) is -0.251. The zero-order valence-electron chi connectivity index (χ0n) is 4.11. The van der Waals surface area contributed by atoms with E-state index < -0.39 is 16.7 Å². The molecule has 0 aliphatic carbocycles. The molecule has 1 atom stereocenters. The van der Waals surface area contributed by atoms with E-state index in [0.29, 0.717) is 6.29 Å². The maximum absolute atomic E-state index is 9.77. The van der Waals surface area contributed by atoms with E-state index in [9.17, 15) is 13.2 Å². The highest BCUT2D eigenvalue weighted by Gasteiger charge is 1.98. The zero-order valence-corrected chi connectivity index (χ0v) is 5.01. The average molecular weight is 137 g/mol. The molecule has 5 heteroatoms. The topological polar surface area (TPSA) is 77.2 Å². The molecule has 0 aromatic carbocycles. The van der Waals surface area contributed by atoms with Crippen molar-refractivity contribution in [2.75, 3.05) is 5.75 Å². The van der Waals surface area contributed by atoms with Crippen molar-refractivity contribution in [2.24, 2.45) is 5.73 Å². The minimum atomic E-state index is -2.50. The van der Waals surface area contributed by atoms with Crippen molar-refractivity contribution in [3.05, 3.63) is 0 Å². The van der Waals surface area contributed by atoms with Crippen LogP contribution in [0.15, 0.2) is 0 Å². The number of carbonyl (C=O) groups is 1. The van der Waals surface area contributed by atoms with Crippen molar-refractivity contribution in [1.29, 1.82) is 0 Å². The van der Waals surface area contributed by atoms with Gasteiger partial charge in [0.25, 0.3) is 0 Å². The molecule has 0 bridgehead atoms. The quantitative estimate of drug-likeness (QED) is 0.352. The van der Waals surface area contributed by atoms with Crippen LogP contribution in [0.3, 0.4) is 0 Å². The Kier molecular flexibility index (Phi) is 3.38. The Labute approximate surface area is 48.6 Å². The summed E-state index contributed by atoms with van der Waals surface area (Å²) >= 11 is 0. The number of thiol groups is 1. The van der Waals surface area contributed by atoms with Gasteiger partial charge in [0.1, 0.15) is 17.0 Å².